The molecule has 0 saturated heterocycles. The number of carbonyl (C=O) groups is 1. The second-order valence-electron chi connectivity index (χ2n) is 5.95. The van der Waals surface area contributed by atoms with E-state index >= 15 is 0 Å². The number of halogens is 3. The van der Waals surface area contributed by atoms with Gasteiger partial charge in [-0.25, -0.2) is 9.97 Å². The molecule has 9 heteroatoms. The van der Waals surface area contributed by atoms with Crippen LogP contribution >= 0.6 is 22.7 Å². The maximum Gasteiger partial charge on any atom is 0.443 e. The van der Waals surface area contributed by atoms with Crippen molar-refractivity contribution in [3.63, 3.8) is 0 Å². The van der Waals surface area contributed by atoms with Crippen LogP contribution in [0.15, 0.2) is 36.4 Å². The molecule has 2 heterocycles. The number of alkyl halides is 3. The fraction of sp³-hybridized carbons (Fsp3) is 0.211. The van der Waals surface area contributed by atoms with Crippen molar-refractivity contribution in [2.75, 3.05) is 5.73 Å². The third-order valence-corrected chi connectivity index (χ3v) is 5.79. The van der Waals surface area contributed by atoms with E-state index in [1.165, 1.54) is 11.3 Å². The highest BCUT2D eigenvalue weighted by molar-refractivity contribution is 7.22. The summed E-state index contributed by atoms with van der Waals surface area (Å²) in [7, 11) is 0. The number of rotatable bonds is 2. The van der Waals surface area contributed by atoms with Gasteiger partial charge in [-0.3, -0.25) is 4.79 Å². The Morgan fingerprint density at radius 3 is 2.46 bits per heavy atom. The Morgan fingerprint density at radius 2 is 1.82 bits per heavy atom. The first-order valence-electron chi connectivity index (χ1n) is 8.31. The number of aromatic nitrogens is 2. The summed E-state index contributed by atoms with van der Waals surface area (Å²) in [5.41, 5.74) is 8.72. The maximum atomic E-state index is 12.2. The van der Waals surface area contributed by atoms with Crippen LogP contribution in [0.2, 0.25) is 0 Å². The van der Waals surface area contributed by atoms with Crippen LogP contribution in [-0.2, 0) is 6.18 Å². The van der Waals surface area contributed by atoms with Crippen molar-refractivity contribution >= 4 is 54.0 Å². The Morgan fingerprint density at radius 1 is 1.11 bits per heavy atom. The summed E-state index contributed by atoms with van der Waals surface area (Å²) >= 11 is 2.09. The number of nitrogen functional groups attached to an aromatic ring is 1. The molecule has 2 N–H and O–H groups in total. The number of hydrogen-bond acceptors (Lipinski definition) is 6. The lowest BCUT2D eigenvalue weighted by molar-refractivity contribution is -0.137. The van der Waals surface area contributed by atoms with E-state index in [4.69, 9.17) is 5.73 Å². The summed E-state index contributed by atoms with van der Waals surface area (Å²) in [6.07, 6.45) is -3.80. The van der Waals surface area contributed by atoms with Crippen LogP contribution in [0.1, 0.15) is 34.3 Å². The average Bonchev–Trinajstić information content (AvgIpc) is 3.24. The first-order chi connectivity index (χ1) is 13.2. The van der Waals surface area contributed by atoms with Crippen molar-refractivity contribution in [3.8, 4) is 0 Å². The number of fused-ring (bicyclic) bond motifs is 2. The van der Waals surface area contributed by atoms with Gasteiger partial charge < -0.3 is 5.73 Å². The van der Waals surface area contributed by atoms with E-state index in [1.807, 2.05) is 26.0 Å². The van der Waals surface area contributed by atoms with Gasteiger partial charge in [-0.05, 0) is 36.8 Å². The lowest BCUT2D eigenvalue weighted by Crippen LogP contribution is -2.03. The molecular weight excluding hydrogens is 407 g/mol. The van der Waals surface area contributed by atoms with Gasteiger partial charge in [-0.1, -0.05) is 30.4 Å². The molecule has 4 aromatic rings. The number of nitrogens with two attached hydrogens (primary N) is 1. The number of ketones is 1. The van der Waals surface area contributed by atoms with Gasteiger partial charge in [-0.2, -0.15) is 13.2 Å². The molecule has 28 heavy (non-hydrogen) atoms. The summed E-state index contributed by atoms with van der Waals surface area (Å²) in [5, 5.41) is -0.233. The number of aryl methyl sites for hydroxylation is 1. The molecule has 4 nitrogen and oxygen atoms in total. The monoisotopic (exact) mass is 423 g/mol. The van der Waals surface area contributed by atoms with Crippen LogP contribution in [-0.4, -0.2) is 15.8 Å². The zero-order chi connectivity index (χ0) is 20.5. The second-order valence-corrected chi connectivity index (χ2v) is 8.05. The first kappa shape index (κ1) is 20.2. The summed E-state index contributed by atoms with van der Waals surface area (Å²) in [6, 6.07) is 10.3. The number of thiazole rings is 2. The summed E-state index contributed by atoms with van der Waals surface area (Å²) in [6.45, 7) is 3.82. The van der Waals surface area contributed by atoms with Gasteiger partial charge in [-0.15, -0.1) is 11.3 Å². The summed E-state index contributed by atoms with van der Waals surface area (Å²) in [5.74, 6) is 0.159. The van der Waals surface area contributed by atoms with E-state index in [9.17, 15) is 18.0 Å². The molecule has 0 unspecified atom stereocenters. The van der Waals surface area contributed by atoms with Crippen LogP contribution in [0.25, 0.3) is 20.4 Å². The largest absolute Gasteiger partial charge is 0.443 e. The number of nitrogens with zero attached hydrogens (tertiary/aromatic N) is 2. The number of anilines is 1. The van der Waals surface area contributed by atoms with Gasteiger partial charge in [0.2, 0.25) is 0 Å². The van der Waals surface area contributed by atoms with Crippen molar-refractivity contribution in [1.29, 1.82) is 0 Å². The standard InChI is InChI=1S/C11H12N2OS.C8H4F3NS/c1-3-8(14)7-4-6(2)10-9(5-7)15-11(12)13-10;9-8(10,11)7-12-5-3-1-2-4-6(5)13-7/h4-5H,3H2,1-2H3,(H2,12,13);1-4H. The molecule has 0 atom stereocenters. The minimum Gasteiger partial charge on any atom is -0.375 e. The fourth-order valence-corrected chi connectivity index (χ4v) is 4.26. The topological polar surface area (TPSA) is 68.9 Å². The molecule has 0 saturated carbocycles. The summed E-state index contributed by atoms with van der Waals surface area (Å²) in [4.78, 5) is 19.3. The van der Waals surface area contributed by atoms with Crippen LogP contribution in [0.3, 0.4) is 0 Å². The van der Waals surface area contributed by atoms with Gasteiger partial charge in [0.25, 0.3) is 0 Å². The Labute approximate surface area is 166 Å². The SMILES string of the molecule is CCC(=O)c1cc(C)c2nc(N)sc2c1.FC(F)(F)c1nc2ccccc2s1. The van der Waals surface area contributed by atoms with Crippen molar-refractivity contribution in [3.05, 3.63) is 52.5 Å². The number of hydrogen-bond donors (Lipinski definition) is 1. The van der Waals surface area contributed by atoms with Gasteiger partial charge in [0.15, 0.2) is 15.9 Å². The molecule has 0 fully saturated rings. The zero-order valence-corrected chi connectivity index (χ0v) is 16.6. The molecule has 0 spiro atoms. The third-order valence-electron chi connectivity index (χ3n) is 3.88. The van der Waals surface area contributed by atoms with E-state index in [2.05, 4.69) is 9.97 Å². The number of Topliss-reactive ketones (excluding diaryl/α,β-unsaturated/α-hetero) is 1. The number of benzene rings is 2. The molecule has 4 rings (SSSR count). The van der Waals surface area contributed by atoms with Crippen molar-refractivity contribution < 1.29 is 18.0 Å². The van der Waals surface area contributed by atoms with Crippen LogP contribution in [0.4, 0.5) is 18.3 Å². The Bertz CT molecular complexity index is 1120. The van der Waals surface area contributed by atoms with Crippen molar-refractivity contribution in [2.45, 2.75) is 26.4 Å². The minimum absolute atomic E-state index is 0.159. The van der Waals surface area contributed by atoms with Crippen LogP contribution in [0, 0.1) is 6.92 Å². The second kappa shape index (κ2) is 7.84. The molecule has 146 valence electrons. The molecule has 0 aliphatic heterocycles. The van der Waals surface area contributed by atoms with Gasteiger partial charge >= 0.3 is 6.18 Å². The molecule has 0 aliphatic rings. The Balaban J connectivity index is 0.000000162. The molecule has 2 aromatic carbocycles. The number of carbonyl (C=O) groups excluding carboxylic acids is 1. The number of para-hydroxylation sites is 1. The summed E-state index contributed by atoms with van der Waals surface area (Å²) < 4.78 is 38.1. The smallest absolute Gasteiger partial charge is 0.375 e. The van der Waals surface area contributed by atoms with E-state index in [0.717, 1.165) is 21.3 Å². The highest BCUT2D eigenvalue weighted by Gasteiger charge is 2.34. The third kappa shape index (κ3) is 4.31. The predicted molar refractivity (Wildman–Crippen MR) is 108 cm³/mol. The maximum absolute atomic E-state index is 12.2. The Hall–Kier alpha value is -2.52. The molecule has 0 radical (unpaired) electrons. The van der Waals surface area contributed by atoms with Gasteiger partial charge in [0.05, 0.1) is 20.4 Å². The highest BCUT2D eigenvalue weighted by Crippen LogP contribution is 2.35. The fourth-order valence-electron chi connectivity index (χ4n) is 2.57. The van der Waals surface area contributed by atoms with E-state index in [-0.39, 0.29) is 5.78 Å². The van der Waals surface area contributed by atoms with E-state index < -0.39 is 11.2 Å². The lowest BCUT2D eigenvalue weighted by atomic mass is 10.1. The predicted octanol–water partition coefficient (Wildman–Crippen LogP) is 6.09. The normalized spacial score (nSPS) is 11.5. The average molecular weight is 423 g/mol. The van der Waals surface area contributed by atoms with E-state index in [1.54, 1.807) is 24.3 Å². The molecule has 0 amide bonds. The van der Waals surface area contributed by atoms with Crippen molar-refractivity contribution in [2.24, 2.45) is 0 Å². The Kier molecular flexibility index (Phi) is 5.66. The lowest BCUT2D eigenvalue weighted by Gasteiger charge is -2.00. The molecular formula is C19H16F3N3OS2. The highest BCUT2D eigenvalue weighted by atomic mass is 32.1. The van der Waals surface area contributed by atoms with E-state index in [0.29, 0.717) is 33.1 Å². The minimum atomic E-state index is -4.33. The zero-order valence-electron chi connectivity index (χ0n) is 15.0. The van der Waals surface area contributed by atoms with Crippen LogP contribution < -0.4 is 5.73 Å². The van der Waals surface area contributed by atoms with Gasteiger partial charge in [0.1, 0.15) is 0 Å². The van der Waals surface area contributed by atoms with Gasteiger partial charge in [0, 0.05) is 12.0 Å². The van der Waals surface area contributed by atoms with Crippen molar-refractivity contribution in [1.82, 2.24) is 9.97 Å². The molecule has 2 aromatic heterocycles. The molecule has 0 aliphatic carbocycles. The quantitative estimate of drug-likeness (QED) is 0.396. The van der Waals surface area contributed by atoms with Crippen LogP contribution in [0.5, 0.6) is 0 Å². The first-order valence-corrected chi connectivity index (χ1v) is 9.95. The molecule has 0 bridgehead atoms.